The second kappa shape index (κ2) is 5.01. The molecule has 0 atom stereocenters. The fourth-order valence-corrected chi connectivity index (χ4v) is 1.65. The minimum Gasteiger partial charge on any atom is -0.497 e. The van der Waals surface area contributed by atoms with Crippen molar-refractivity contribution in [2.75, 3.05) is 7.11 Å². The van der Waals surface area contributed by atoms with Crippen LogP contribution in [0.5, 0.6) is 5.75 Å². The lowest BCUT2D eigenvalue weighted by Crippen LogP contribution is -1.98. The van der Waals surface area contributed by atoms with Crippen molar-refractivity contribution in [3.63, 3.8) is 0 Å². The van der Waals surface area contributed by atoms with Gasteiger partial charge in [-0.15, -0.1) is 12.4 Å². The minimum atomic E-state index is 0. The average molecular weight is 224 g/mol. The smallest absolute Gasteiger partial charge is 0.119 e. The maximum atomic E-state index is 5.68. The van der Waals surface area contributed by atoms with Crippen LogP contribution in [0, 0.1) is 0 Å². The summed E-state index contributed by atoms with van der Waals surface area (Å²) in [5.41, 5.74) is 6.81. The first-order chi connectivity index (χ1) is 6.85. The maximum Gasteiger partial charge on any atom is 0.119 e. The van der Waals surface area contributed by atoms with Crippen LogP contribution >= 0.6 is 12.4 Å². The van der Waals surface area contributed by atoms with Crippen LogP contribution in [0.2, 0.25) is 0 Å². The van der Waals surface area contributed by atoms with Crippen LogP contribution in [-0.2, 0) is 6.54 Å². The lowest BCUT2D eigenvalue weighted by Gasteiger charge is -2.07. The second-order valence-electron chi connectivity index (χ2n) is 3.21. The summed E-state index contributed by atoms with van der Waals surface area (Å²) in [7, 11) is 1.67. The number of ether oxygens (including phenoxy) is 1. The first-order valence-corrected chi connectivity index (χ1v) is 4.61. The molecule has 0 fully saturated rings. The highest BCUT2D eigenvalue weighted by Crippen LogP contribution is 2.24. The summed E-state index contributed by atoms with van der Waals surface area (Å²) in [5, 5.41) is 2.38. The molecule has 0 saturated carbocycles. The number of halogens is 1. The van der Waals surface area contributed by atoms with Gasteiger partial charge in [0.15, 0.2) is 0 Å². The molecule has 2 aromatic rings. The highest BCUT2D eigenvalue weighted by molar-refractivity contribution is 5.87. The fourth-order valence-electron chi connectivity index (χ4n) is 1.65. The van der Waals surface area contributed by atoms with Gasteiger partial charge in [-0.25, -0.2) is 0 Å². The molecule has 2 aromatic carbocycles. The summed E-state index contributed by atoms with van der Waals surface area (Å²) >= 11 is 0. The topological polar surface area (TPSA) is 35.2 Å². The van der Waals surface area contributed by atoms with Gasteiger partial charge in [0, 0.05) is 6.54 Å². The lowest BCUT2D eigenvalue weighted by atomic mass is 10.0. The van der Waals surface area contributed by atoms with Crippen LogP contribution in [0.3, 0.4) is 0 Å². The molecule has 0 amide bonds. The molecule has 0 aliphatic rings. The molecule has 0 unspecified atom stereocenters. The third kappa shape index (κ3) is 2.22. The van der Waals surface area contributed by atoms with Crippen LogP contribution in [0.4, 0.5) is 0 Å². The molecule has 0 saturated heterocycles. The van der Waals surface area contributed by atoms with E-state index in [2.05, 4.69) is 12.1 Å². The van der Waals surface area contributed by atoms with E-state index >= 15 is 0 Å². The van der Waals surface area contributed by atoms with E-state index in [0.717, 1.165) is 11.3 Å². The summed E-state index contributed by atoms with van der Waals surface area (Å²) < 4.78 is 5.21. The van der Waals surface area contributed by atoms with Gasteiger partial charge in [-0.1, -0.05) is 24.3 Å². The van der Waals surface area contributed by atoms with Crippen molar-refractivity contribution in [2.24, 2.45) is 5.73 Å². The molecule has 2 N–H and O–H groups in total. The van der Waals surface area contributed by atoms with Crippen molar-refractivity contribution in [3.8, 4) is 5.75 Å². The molecule has 2 rings (SSSR count). The van der Waals surface area contributed by atoms with E-state index in [1.165, 1.54) is 10.8 Å². The van der Waals surface area contributed by atoms with Crippen LogP contribution in [0.15, 0.2) is 36.4 Å². The molecule has 0 spiro atoms. The van der Waals surface area contributed by atoms with Gasteiger partial charge in [-0.3, -0.25) is 0 Å². The Morgan fingerprint density at radius 3 is 2.60 bits per heavy atom. The van der Waals surface area contributed by atoms with Gasteiger partial charge >= 0.3 is 0 Å². The van der Waals surface area contributed by atoms with Gasteiger partial charge in [-0.2, -0.15) is 0 Å². The van der Waals surface area contributed by atoms with Crippen molar-refractivity contribution >= 4 is 23.2 Å². The average Bonchev–Trinajstić information content (AvgIpc) is 2.27. The normalized spacial score (nSPS) is 9.73. The van der Waals surface area contributed by atoms with Crippen molar-refractivity contribution in [1.29, 1.82) is 0 Å². The standard InChI is InChI=1S/C12H13NO.ClH/c1-14-11-6-9-4-2-3-5-12(9)10(7-11)8-13;/h2-7H,8,13H2,1H3;1H. The zero-order valence-corrected chi connectivity index (χ0v) is 9.38. The molecule has 0 aliphatic heterocycles. The van der Waals surface area contributed by atoms with E-state index in [1.807, 2.05) is 24.3 Å². The number of hydrogen-bond donors (Lipinski definition) is 1. The third-order valence-electron chi connectivity index (χ3n) is 2.38. The molecule has 80 valence electrons. The Hall–Kier alpha value is -1.25. The largest absolute Gasteiger partial charge is 0.497 e. The quantitative estimate of drug-likeness (QED) is 0.850. The van der Waals surface area contributed by atoms with Crippen molar-refractivity contribution in [2.45, 2.75) is 6.54 Å². The highest BCUT2D eigenvalue weighted by Gasteiger charge is 2.01. The first-order valence-electron chi connectivity index (χ1n) is 4.61. The summed E-state index contributed by atoms with van der Waals surface area (Å²) in [5.74, 6) is 0.865. The van der Waals surface area contributed by atoms with Gasteiger partial charge in [0.1, 0.15) is 5.75 Å². The van der Waals surface area contributed by atoms with E-state index in [1.54, 1.807) is 7.11 Å². The molecular formula is C12H14ClNO. The Labute approximate surface area is 95.4 Å². The predicted molar refractivity (Wildman–Crippen MR) is 65.6 cm³/mol. The van der Waals surface area contributed by atoms with E-state index in [4.69, 9.17) is 10.5 Å². The van der Waals surface area contributed by atoms with Crippen LogP contribution in [-0.4, -0.2) is 7.11 Å². The van der Waals surface area contributed by atoms with Crippen LogP contribution < -0.4 is 10.5 Å². The SMILES string of the molecule is COc1cc(CN)c2ccccc2c1.Cl. The van der Waals surface area contributed by atoms with E-state index in [0.29, 0.717) is 6.54 Å². The minimum absolute atomic E-state index is 0. The molecule has 0 aliphatic carbocycles. The van der Waals surface area contributed by atoms with Crippen molar-refractivity contribution < 1.29 is 4.74 Å². The lowest BCUT2D eigenvalue weighted by molar-refractivity contribution is 0.415. The first kappa shape index (κ1) is 11.8. The summed E-state index contributed by atoms with van der Waals surface area (Å²) in [6.07, 6.45) is 0. The summed E-state index contributed by atoms with van der Waals surface area (Å²) in [4.78, 5) is 0. The van der Waals surface area contributed by atoms with Gasteiger partial charge in [0.2, 0.25) is 0 Å². The van der Waals surface area contributed by atoms with E-state index in [9.17, 15) is 0 Å². The van der Waals surface area contributed by atoms with Crippen molar-refractivity contribution in [1.82, 2.24) is 0 Å². The Morgan fingerprint density at radius 1 is 1.20 bits per heavy atom. The van der Waals surface area contributed by atoms with Gasteiger partial charge in [-0.05, 0) is 28.5 Å². The van der Waals surface area contributed by atoms with E-state index in [-0.39, 0.29) is 12.4 Å². The zero-order valence-electron chi connectivity index (χ0n) is 8.57. The number of methoxy groups -OCH3 is 1. The summed E-state index contributed by atoms with van der Waals surface area (Å²) in [6.45, 7) is 0.539. The molecule has 2 nitrogen and oxygen atoms in total. The molecular weight excluding hydrogens is 210 g/mol. The molecule has 0 heterocycles. The van der Waals surface area contributed by atoms with E-state index < -0.39 is 0 Å². The molecule has 15 heavy (non-hydrogen) atoms. The van der Waals surface area contributed by atoms with Gasteiger partial charge in [0.25, 0.3) is 0 Å². The van der Waals surface area contributed by atoms with Crippen molar-refractivity contribution in [3.05, 3.63) is 42.0 Å². The number of hydrogen-bond acceptors (Lipinski definition) is 2. The Kier molecular flexibility index (Phi) is 3.95. The Morgan fingerprint density at radius 2 is 1.93 bits per heavy atom. The summed E-state index contributed by atoms with van der Waals surface area (Å²) in [6, 6.07) is 12.2. The number of fused-ring (bicyclic) bond motifs is 1. The Bertz CT molecular complexity index is 456. The Balaban J connectivity index is 0.00000112. The molecule has 0 radical (unpaired) electrons. The van der Waals surface area contributed by atoms with Crippen LogP contribution in [0.25, 0.3) is 10.8 Å². The third-order valence-corrected chi connectivity index (χ3v) is 2.38. The fraction of sp³-hybridized carbons (Fsp3) is 0.167. The number of nitrogens with two attached hydrogens (primary N) is 1. The molecule has 3 heteroatoms. The monoisotopic (exact) mass is 223 g/mol. The van der Waals surface area contributed by atoms with Crippen LogP contribution in [0.1, 0.15) is 5.56 Å². The number of benzene rings is 2. The second-order valence-corrected chi connectivity index (χ2v) is 3.21. The van der Waals surface area contributed by atoms with Gasteiger partial charge in [0.05, 0.1) is 7.11 Å². The molecule has 0 aromatic heterocycles. The maximum absolute atomic E-state index is 5.68. The van der Waals surface area contributed by atoms with Gasteiger partial charge < -0.3 is 10.5 Å². The predicted octanol–water partition coefficient (Wildman–Crippen LogP) is 2.73. The zero-order chi connectivity index (χ0) is 9.97. The molecule has 0 bridgehead atoms. The number of rotatable bonds is 2. The highest BCUT2D eigenvalue weighted by atomic mass is 35.5.